The molecule has 18 heavy (non-hydrogen) atoms. The second-order valence-electron chi connectivity index (χ2n) is 4.46. The van der Waals surface area contributed by atoms with E-state index < -0.39 is 0 Å². The van der Waals surface area contributed by atoms with E-state index in [1.54, 1.807) is 7.11 Å². The fourth-order valence-corrected chi connectivity index (χ4v) is 2.35. The summed E-state index contributed by atoms with van der Waals surface area (Å²) in [5, 5.41) is 0. The van der Waals surface area contributed by atoms with Crippen LogP contribution in [0.25, 0.3) is 11.0 Å². The van der Waals surface area contributed by atoms with E-state index in [2.05, 4.69) is 34.7 Å². The van der Waals surface area contributed by atoms with Crippen molar-refractivity contribution in [3.8, 4) is 0 Å². The van der Waals surface area contributed by atoms with Gasteiger partial charge in [-0.2, -0.15) is 0 Å². The van der Waals surface area contributed by atoms with Crippen molar-refractivity contribution in [1.29, 1.82) is 0 Å². The van der Waals surface area contributed by atoms with Crippen molar-refractivity contribution in [1.82, 2.24) is 9.55 Å². The summed E-state index contributed by atoms with van der Waals surface area (Å²) in [5.74, 6) is 1.67. The summed E-state index contributed by atoms with van der Waals surface area (Å²) < 4.78 is 7.37. The minimum absolute atomic E-state index is 0.604. The number of aromatic nitrogens is 2. The summed E-state index contributed by atoms with van der Waals surface area (Å²) in [5.41, 5.74) is 3.49. The monoisotopic (exact) mass is 266 g/mol. The molecule has 0 atom stereocenters. The van der Waals surface area contributed by atoms with E-state index in [0.717, 1.165) is 37.3 Å². The lowest BCUT2D eigenvalue weighted by Gasteiger charge is -2.08. The molecule has 1 aromatic heterocycles. The predicted octanol–water partition coefficient (Wildman–Crippen LogP) is 3.16. The number of hydrogen-bond acceptors (Lipinski definition) is 2. The van der Waals surface area contributed by atoms with Crippen LogP contribution in [0.1, 0.15) is 17.8 Å². The highest BCUT2D eigenvalue weighted by molar-refractivity contribution is 6.17. The van der Waals surface area contributed by atoms with Gasteiger partial charge in [-0.1, -0.05) is 6.07 Å². The van der Waals surface area contributed by atoms with Crippen LogP contribution < -0.4 is 0 Å². The molecule has 0 bridgehead atoms. The van der Waals surface area contributed by atoms with Crippen LogP contribution in [-0.4, -0.2) is 29.1 Å². The van der Waals surface area contributed by atoms with Crippen molar-refractivity contribution in [2.75, 3.05) is 19.6 Å². The van der Waals surface area contributed by atoms with Crippen molar-refractivity contribution in [3.63, 3.8) is 0 Å². The standard InChI is InChI=1S/C14H19ClN2O/c1-11-4-5-13-12(10-11)16-14(6-7-15)17(13)8-3-9-18-2/h4-5,10H,3,6-9H2,1-2H3. The molecule has 0 saturated heterocycles. The van der Waals surface area contributed by atoms with Gasteiger partial charge in [0.2, 0.25) is 0 Å². The summed E-state index contributed by atoms with van der Waals surface area (Å²) in [7, 11) is 1.73. The SMILES string of the molecule is COCCCn1c(CCCl)nc2cc(C)ccc21. The Morgan fingerprint density at radius 2 is 2.22 bits per heavy atom. The molecule has 0 aliphatic heterocycles. The zero-order chi connectivity index (χ0) is 13.0. The van der Waals surface area contributed by atoms with Gasteiger partial charge in [-0.15, -0.1) is 11.6 Å². The number of fused-ring (bicyclic) bond motifs is 1. The van der Waals surface area contributed by atoms with E-state index in [1.165, 1.54) is 11.1 Å². The topological polar surface area (TPSA) is 27.1 Å². The number of methoxy groups -OCH3 is 1. The fraction of sp³-hybridized carbons (Fsp3) is 0.500. The third kappa shape index (κ3) is 2.85. The second kappa shape index (κ2) is 6.21. The van der Waals surface area contributed by atoms with E-state index in [4.69, 9.17) is 16.3 Å². The highest BCUT2D eigenvalue weighted by Crippen LogP contribution is 2.19. The summed E-state index contributed by atoms with van der Waals surface area (Å²) >= 11 is 5.85. The molecule has 0 aliphatic carbocycles. The highest BCUT2D eigenvalue weighted by atomic mass is 35.5. The Balaban J connectivity index is 2.35. The van der Waals surface area contributed by atoms with Gasteiger partial charge in [0, 0.05) is 32.6 Å². The quantitative estimate of drug-likeness (QED) is 0.593. The lowest BCUT2D eigenvalue weighted by atomic mass is 10.2. The number of nitrogens with zero attached hydrogens (tertiary/aromatic N) is 2. The molecular formula is C14H19ClN2O. The molecule has 1 aromatic carbocycles. The Bertz CT molecular complexity index is 522. The second-order valence-corrected chi connectivity index (χ2v) is 4.84. The average molecular weight is 267 g/mol. The number of benzene rings is 1. The molecule has 4 heteroatoms. The lowest BCUT2D eigenvalue weighted by Crippen LogP contribution is -2.06. The Kier molecular flexibility index (Phi) is 4.61. The maximum atomic E-state index is 5.85. The zero-order valence-corrected chi connectivity index (χ0v) is 11.7. The van der Waals surface area contributed by atoms with Gasteiger partial charge in [0.25, 0.3) is 0 Å². The first-order chi connectivity index (χ1) is 8.76. The van der Waals surface area contributed by atoms with Crippen molar-refractivity contribution in [2.24, 2.45) is 0 Å². The van der Waals surface area contributed by atoms with Crippen LogP contribution in [0.5, 0.6) is 0 Å². The number of ether oxygens (including phenoxy) is 1. The van der Waals surface area contributed by atoms with Crippen LogP contribution in [0, 0.1) is 6.92 Å². The summed E-state index contributed by atoms with van der Waals surface area (Å²) in [6.07, 6.45) is 1.80. The van der Waals surface area contributed by atoms with Crippen LogP contribution in [0.15, 0.2) is 18.2 Å². The molecule has 0 fully saturated rings. The number of aryl methyl sites for hydroxylation is 3. The zero-order valence-electron chi connectivity index (χ0n) is 10.9. The van der Waals surface area contributed by atoms with Gasteiger partial charge in [-0.25, -0.2) is 4.98 Å². The van der Waals surface area contributed by atoms with Gasteiger partial charge in [0.05, 0.1) is 11.0 Å². The summed E-state index contributed by atoms with van der Waals surface area (Å²) in [4.78, 5) is 4.68. The van der Waals surface area contributed by atoms with Gasteiger partial charge in [-0.3, -0.25) is 0 Å². The smallest absolute Gasteiger partial charge is 0.111 e. The summed E-state index contributed by atoms with van der Waals surface area (Å²) in [6.45, 7) is 3.79. The number of alkyl halides is 1. The first-order valence-electron chi connectivity index (χ1n) is 6.27. The molecule has 98 valence electrons. The van der Waals surface area contributed by atoms with E-state index in [1.807, 2.05) is 0 Å². The Morgan fingerprint density at radius 3 is 2.94 bits per heavy atom. The van der Waals surface area contributed by atoms with Crippen molar-refractivity contribution in [2.45, 2.75) is 26.3 Å². The van der Waals surface area contributed by atoms with Crippen molar-refractivity contribution >= 4 is 22.6 Å². The number of imidazole rings is 1. The average Bonchev–Trinajstić information content (AvgIpc) is 2.67. The fourth-order valence-electron chi connectivity index (χ4n) is 2.18. The Hall–Kier alpha value is -1.06. The van der Waals surface area contributed by atoms with Gasteiger partial charge in [0.15, 0.2) is 0 Å². The van der Waals surface area contributed by atoms with Crippen LogP contribution in [0.3, 0.4) is 0 Å². The molecule has 0 spiro atoms. The maximum absolute atomic E-state index is 5.85. The lowest BCUT2D eigenvalue weighted by molar-refractivity contribution is 0.190. The minimum atomic E-state index is 0.604. The minimum Gasteiger partial charge on any atom is -0.385 e. The van der Waals surface area contributed by atoms with E-state index >= 15 is 0 Å². The number of rotatable bonds is 6. The molecule has 0 amide bonds. The van der Waals surface area contributed by atoms with Gasteiger partial charge < -0.3 is 9.30 Å². The van der Waals surface area contributed by atoms with Crippen LogP contribution in [0.2, 0.25) is 0 Å². The molecule has 2 rings (SSSR count). The van der Waals surface area contributed by atoms with Gasteiger partial charge >= 0.3 is 0 Å². The third-order valence-electron chi connectivity index (χ3n) is 3.03. The molecule has 3 nitrogen and oxygen atoms in total. The Labute approximate surface area is 113 Å². The van der Waals surface area contributed by atoms with Crippen molar-refractivity contribution in [3.05, 3.63) is 29.6 Å². The van der Waals surface area contributed by atoms with Crippen LogP contribution in [-0.2, 0) is 17.7 Å². The largest absolute Gasteiger partial charge is 0.385 e. The van der Waals surface area contributed by atoms with E-state index in [0.29, 0.717) is 5.88 Å². The summed E-state index contributed by atoms with van der Waals surface area (Å²) in [6, 6.07) is 6.39. The Morgan fingerprint density at radius 1 is 1.39 bits per heavy atom. The maximum Gasteiger partial charge on any atom is 0.111 e. The molecule has 0 N–H and O–H groups in total. The van der Waals surface area contributed by atoms with Crippen LogP contribution in [0.4, 0.5) is 0 Å². The van der Waals surface area contributed by atoms with Gasteiger partial charge in [-0.05, 0) is 31.0 Å². The number of halogens is 1. The van der Waals surface area contributed by atoms with Crippen LogP contribution >= 0.6 is 11.6 Å². The molecule has 2 aromatic rings. The van der Waals surface area contributed by atoms with Gasteiger partial charge in [0.1, 0.15) is 5.82 Å². The molecule has 0 aliphatic rings. The van der Waals surface area contributed by atoms with Crippen molar-refractivity contribution < 1.29 is 4.74 Å². The third-order valence-corrected chi connectivity index (χ3v) is 3.22. The first kappa shape index (κ1) is 13.4. The van der Waals surface area contributed by atoms with E-state index in [9.17, 15) is 0 Å². The molecular weight excluding hydrogens is 248 g/mol. The molecule has 0 saturated carbocycles. The normalized spacial score (nSPS) is 11.3. The number of hydrogen-bond donors (Lipinski definition) is 0. The highest BCUT2D eigenvalue weighted by Gasteiger charge is 2.09. The molecule has 0 unspecified atom stereocenters. The molecule has 1 heterocycles. The van der Waals surface area contributed by atoms with E-state index in [-0.39, 0.29) is 0 Å². The molecule has 0 radical (unpaired) electrons. The predicted molar refractivity (Wildman–Crippen MR) is 75.4 cm³/mol. The first-order valence-corrected chi connectivity index (χ1v) is 6.80.